The van der Waals surface area contributed by atoms with Gasteiger partial charge in [-0.25, -0.2) is 0 Å². The molecule has 2 atom stereocenters. The second-order valence-electron chi connectivity index (χ2n) is 9.99. The number of hydrogen-bond acceptors (Lipinski definition) is 3. The molecular formula is C29H40F3N3O4. The number of anilines is 1. The minimum absolute atomic E-state index is 0.0225. The van der Waals surface area contributed by atoms with Gasteiger partial charge in [0.25, 0.3) is 5.91 Å². The molecule has 2 unspecified atom stereocenters. The molecule has 216 valence electrons. The van der Waals surface area contributed by atoms with Crippen LogP contribution in [0.25, 0.3) is 0 Å². The van der Waals surface area contributed by atoms with Crippen LogP contribution in [0.2, 0.25) is 0 Å². The van der Waals surface area contributed by atoms with Gasteiger partial charge in [-0.1, -0.05) is 48.5 Å². The monoisotopic (exact) mass is 551 g/mol. The molecule has 0 aromatic heterocycles. The summed E-state index contributed by atoms with van der Waals surface area (Å²) in [6.07, 6.45) is -2.69. The Bertz CT molecular complexity index is 1040. The molecule has 0 aliphatic carbocycles. The summed E-state index contributed by atoms with van der Waals surface area (Å²) < 4.78 is 32.7. The van der Waals surface area contributed by atoms with Crippen LogP contribution < -0.4 is 10.6 Å². The van der Waals surface area contributed by atoms with Crippen molar-refractivity contribution < 1.29 is 37.4 Å². The van der Waals surface area contributed by atoms with Crippen LogP contribution in [-0.2, 0) is 16.1 Å². The van der Waals surface area contributed by atoms with Gasteiger partial charge in [0.05, 0.1) is 25.6 Å². The Hall–Kier alpha value is -2.95. The molecule has 0 radical (unpaired) electrons. The number of likely N-dealkylation sites (tertiary alicyclic amines) is 1. The number of halogens is 3. The molecule has 0 bridgehead atoms. The summed E-state index contributed by atoms with van der Waals surface area (Å²) in [5, 5.41) is 12.0. The standard InChI is InChI=1S/C27H37N3O2.C2H2F3O2/c1-5-29(6-2)27(32)24-16-11-17-30(19-24,18-23-14-8-7-9-15-23)20-25(31)28-26-21(3)12-10-13-22(26)4;3-2(4,5)1-7-6/h7-10,12-15,24H,5-6,11,16-20H2,1-4H3;1,7H/q;-1/p+1. The lowest BCUT2D eigenvalue weighted by Gasteiger charge is -2.44. The number of aliphatic hydroxyl groups is 1. The number of hydrogen-bond donors (Lipinski definition) is 1. The summed E-state index contributed by atoms with van der Waals surface area (Å²) in [5.41, 5.74) is 4.26. The fraction of sp³-hybridized carbons (Fsp3) is 0.483. The number of amides is 2. The van der Waals surface area contributed by atoms with Gasteiger partial charge < -0.3 is 24.8 Å². The topological polar surface area (TPSA) is 85.3 Å². The zero-order chi connectivity index (χ0) is 29.1. The van der Waals surface area contributed by atoms with Crippen LogP contribution in [0.4, 0.5) is 18.9 Å². The van der Waals surface area contributed by atoms with E-state index in [1.54, 1.807) is 0 Å². The highest BCUT2D eigenvalue weighted by Crippen LogP contribution is 2.29. The molecule has 1 saturated heterocycles. The lowest BCUT2D eigenvalue weighted by atomic mass is 9.93. The van der Waals surface area contributed by atoms with Crippen molar-refractivity contribution in [3.63, 3.8) is 0 Å². The van der Waals surface area contributed by atoms with Crippen molar-refractivity contribution in [2.75, 3.05) is 38.0 Å². The first-order valence-corrected chi connectivity index (χ1v) is 13.2. The van der Waals surface area contributed by atoms with E-state index >= 15 is 0 Å². The maximum atomic E-state index is 13.3. The highest BCUT2D eigenvalue weighted by atomic mass is 19.4. The van der Waals surface area contributed by atoms with Gasteiger partial charge in [0.2, 0.25) is 5.91 Å². The molecule has 0 saturated carbocycles. The first-order chi connectivity index (χ1) is 18.4. The molecule has 0 spiro atoms. The number of alkyl halides is 3. The molecule has 2 aromatic carbocycles. The molecule has 39 heavy (non-hydrogen) atoms. The molecule has 1 heterocycles. The predicted molar refractivity (Wildman–Crippen MR) is 143 cm³/mol. The van der Waals surface area contributed by atoms with Gasteiger partial charge in [-0.2, -0.15) is 13.2 Å². The number of aryl methyl sites for hydroxylation is 2. The third kappa shape index (κ3) is 10.3. The van der Waals surface area contributed by atoms with E-state index in [0.717, 1.165) is 55.8 Å². The summed E-state index contributed by atoms with van der Waals surface area (Å²) >= 11 is 0. The average molecular weight is 552 g/mol. The summed E-state index contributed by atoms with van der Waals surface area (Å²) in [5.74, 6) is 0.232. The third-order valence-corrected chi connectivity index (χ3v) is 7.00. The Morgan fingerprint density at radius 3 is 2.21 bits per heavy atom. The summed E-state index contributed by atoms with van der Waals surface area (Å²) in [4.78, 5) is 29.9. The molecule has 10 heteroatoms. The van der Waals surface area contributed by atoms with Crippen LogP contribution in [0.15, 0.2) is 48.5 Å². The van der Waals surface area contributed by atoms with Crippen LogP contribution >= 0.6 is 0 Å². The maximum absolute atomic E-state index is 13.3. The highest BCUT2D eigenvalue weighted by molar-refractivity contribution is 5.93. The van der Waals surface area contributed by atoms with Crippen LogP contribution in [0.1, 0.15) is 43.4 Å². The van der Waals surface area contributed by atoms with Gasteiger partial charge in [-0.3, -0.25) is 9.59 Å². The van der Waals surface area contributed by atoms with Crippen molar-refractivity contribution in [2.24, 2.45) is 5.92 Å². The zero-order valence-electron chi connectivity index (χ0n) is 23.1. The second-order valence-corrected chi connectivity index (χ2v) is 9.99. The predicted octanol–water partition coefficient (Wildman–Crippen LogP) is 4.62. The summed E-state index contributed by atoms with van der Waals surface area (Å²) in [7, 11) is 0. The fourth-order valence-electron chi connectivity index (χ4n) is 5.19. The number of para-hydroxylation sites is 1. The minimum Gasteiger partial charge on any atom is -0.582 e. The minimum atomic E-state index is -4.55. The first kappa shape index (κ1) is 32.3. The van der Waals surface area contributed by atoms with Crippen molar-refractivity contribution in [3.8, 4) is 0 Å². The van der Waals surface area contributed by atoms with E-state index in [-0.39, 0.29) is 17.7 Å². The Balaban J connectivity index is 0.000000673. The normalized spacial score (nSPS) is 19.0. The van der Waals surface area contributed by atoms with Gasteiger partial charge in [-0.05, 0) is 51.7 Å². The molecule has 2 aromatic rings. The number of carbonyl (C=O) groups is 2. The Labute approximate surface area is 229 Å². The first-order valence-electron chi connectivity index (χ1n) is 13.2. The van der Waals surface area contributed by atoms with E-state index in [2.05, 4.69) is 17.4 Å². The molecule has 2 amide bonds. The number of quaternary nitrogens is 1. The van der Waals surface area contributed by atoms with Gasteiger partial charge in [0.1, 0.15) is 6.54 Å². The maximum Gasteiger partial charge on any atom is 0.336 e. The largest absolute Gasteiger partial charge is 0.582 e. The Kier molecular flexibility index (Phi) is 12.4. The Morgan fingerprint density at radius 2 is 1.69 bits per heavy atom. The van der Waals surface area contributed by atoms with Crippen molar-refractivity contribution in [1.82, 2.24) is 4.90 Å². The number of nitrogens with zero attached hydrogens (tertiary/aromatic N) is 2. The number of benzene rings is 2. The Morgan fingerprint density at radius 1 is 1.08 bits per heavy atom. The summed E-state index contributed by atoms with van der Waals surface area (Å²) in [6, 6.07) is 16.4. The number of nitrogens with one attached hydrogen (secondary N) is 1. The van der Waals surface area contributed by atoms with Gasteiger partial charge >= 0.3 is 6.18 Å². The van der Waals surface area contributed by atoms with E-state index < -0.39 is 12.8 Å². The second kappa shape index (κ2) is 15.0. The lowest BCUT2D eigenvalue weighted by molar-refractivity contribution is -0.940. The SMILES string of the molecule is CCN(CC)C(=O)C1CCC[N+](CC(=O)Nc2c(C)cccc2C)(Cc2ccccc2)C1.[O-][OH+][CH-]C(F)(F)F. The smallest absolute Gasteiger partial charge is 0.336 e. The van der Waals surface area contributed by atoms with E-state index in [9.17, 15) is 22.8 Å². The van der Waals surface area contributed by atoms with E-state index in [4.69, 9.17) is 5.26 Å². The van der Waals surface area contributed by atoms with Crippen LogP contribution in [0.5, 0.6) is 0 Å². The molecule has 7 nitrogen and oxygen atoms in total. The van der Waals surface area contributed by atoms with Crippen molar-refractivity contribution in [1.29, 1.82) is 0 Å². The van der Waals surface area contributed by atoms with Gasteiger partial charge in [0.15, 0.2) is 6.54 Å². The number of rotatable bonds is 9. The number of carbonyl (C=O) groups excluding carboxylic acids is 2. The van der Waals surface area contributed by atoms with Crippen LogP contribution in [0.3, 0.4) is 0 Å². The van der Waals surface area contributed by atoms with Gasteiger partial charge in [-0.15, -0.1) is 0 Å². The van der Waals surface area contributed by atoms with E-state index in [1.807, 2.05) is 69.0 Å². The van der Waals surface area contributed by atoms with E-state index in [0.29, 0.717) is 17.6 Å². The van der Waals surface area contributed by atoms with Crippen molar-refractivity contribution in [2.45, 2.75) is 53.3 Å². The van der Waals surface area contributed by atoms with Crippen molar-refractivity contribution in [3.05, 3.63) is 71.8 Å². The highest BCUT2D eigenvalue weighted by Gasteiger charge is 2.41. The van der Waals surface area contributed by atoms with Crippen LogP contribution in [-0.4, -0.2) is 65.0 Å². The van der Waals surface area contributed by atoms with E-state index in [1.165, 1.54) is 10.5 Å². The van der Waals surface area contributed by atoms with Crippen molar-refractivity contribution >= 4 is 17.5 Å². The summed E-state index contributed by atoms with van der Waals surface area (Å²) in [6.45, 7) is 11.7. The molecule has 1 aliphatic heterocycles. The molecule has 2 N–H and O–H groups in total. The molecule has 1 aliphatic rings. The molecular weight excluding hydrogens is 511 g/mol. The van der Waals surface area contributed by atoms with Gasteiger partial charge in [0, 0.05) is 24.3 Å². The average Bonchev–Trinajstić information content (AvgIpc) is 2.87. The third-order valence-electron chi connectivity index (χ3n) is 7.00. The zero-order valence-corrected chi connectivity index (χ0v) is 23.1. The van der Waals surface area contributed by atoms with Crippen LogP contribution in [0, 0.1) is 26.4 Å². The molecule has 1 fully saturated rings. The number of piperidine rings is 1. The molecule has 3 rings (SSSR count). The fourth-order valence-corrected chi connectivity index (χ4v) is 5.19. The quantitative estimate of drug-likeness (QED) is 0.162. The lowest BCUT2D eigenvalue weighted by Crippen LogP contribution is -2.59.